The van der Waals surface area contributed by atoms with Crippen LogP contribution in [0.25, 0.3) is 0 Å². The standard InChI is InChI=1S/C11H12ClNO3S/c1-6-5-17-10(9(6)12)11(16)13(4-8(14)15)7-2-3-7/h5,7H,2-4H2,1H3,(H,14,15). The predicted octanol–water partition coefficient (Wildman–Crippen LogP) is 2.40. The summed E-state index contributed by atoms with van der Waals surface area (Å²) in [6, 6.07) is 0.0667. The fourth-order valence-corrected chi connectivity index (χ4v) is 2.83. The van der Waals surface area contributed by atoms with Crippen LogP contribution in [0.4, 0.5) is 0 Å². The van der Waals surface area contributed by atoms with Crippen LogP contribution >= 0.6 is 22.9 Å². The molecule has 1 fully saturated rings. The van der Waals surface area contributed by atoms with Crippen molar-refractivity contribution in [3.63, 3.8) is 0 Å². The number of aliphatic carboxylic acids is 1. The zero-order valence-corrected chi connectivity index (χ0v) is 10.8. The van der Waals surface area contributed by atoms with Gasteiger partial charge in [0.05, 0.1) is 5.02 Å². The summed E-state index contributed by atoms with van der Waals surface area (Å²) in [6.07, 6.45) is 1.75. The van der Waals surface area contributed by atoms with E-state index in [2.05, 4.69) is 0 Å². The predicted molar refractivity (Wildman–Crippen MR) is 65.8 cm³/mol. The summed E-state index contributed by atoms with van der Waals surface area (Å²) in [5.74, 6) is -1.26. The molecule has 1 amide bonds. The molecule has 0 bridgehead atoms. The summed E-state index contributed by atoms with van der Waals surface area (Å²) in [5.41, 5.74) is 0.853. The van der Waals surface area contributed by atoms with Gasteiger partial charge in [0, 0.05) is 6.04 Å². The summed E-state index contributed by atoms with van der Waals surface area (Å²) >= 11 is 7.29. The molecule has 0 atom stereocenters. The second-order valence-electron chi connectivity index (χ2n) is 4.12. The number of nitrogens with zero attached hydrogens (tertiary/aromatic N) is 1. The van der Waals surface area contributed by atoms with Crippen molar-refractivity contribution in [2.45, 2.75) is 25.8 Å². The third kappa shape index (κ3) is 2.61. The molecule has 1 aromatic rings. The van der Waals surface area contributed by atoms with Crippen molar-refractivity contribution in [2.75, 3.05) is 6.54 Å². The number of carboxylic acid groups (broad SMARTS) is 1. The molecule has 1 aromatic heterocycles. The zero-order chi connectivity index (χ0) is 12.6. The van der Waals surface area contributed by atoms with Gasteiger partial charge in [0.1, 0.15) is 11.4 Å². The van der Waals surface area contributed by atoms with Crippen LogP contribution in [0.3, 0.4) is 0 Å². The lowest BCUT2D eigenvalue weighted by Crippen LogP contribution is -2.37. The number of aryl methyl sites for hydroxylation is 1. The molecule has 0 aliphatic heterocycles. The van der Waals surface area contributed by atoms with Crippen LogP contribution in [-0.2, 0) is 4.79 Å². The Morgan fingerprint density at radius 3 is 2.65 bits per heavy atom. The highest BCUT2D eigenvalue weighted by atomic mass is 35.5. The fourth-order valence-electron chi connectivity index (χ4n) is 1.60. The fraction of sp³-hybridized carbons (Fsp3) is 0.455. The SMILES string of the molecule is Cc1csc(C(=O)N(CC(=O)O)C2CC2)c1Cl. The quantitative estimate of drug-likeness (QED) is 0.916. The summed E-state index contributed by atoms with van der Waals surface area (Å²) in [6.45, 7) is 1.57. The molecular weight excluding hydrogens is 262 g/mol. The highest BCUT2D eigenvalue weighted by molar-refractivity contribution is 7.13. The molecule has 0 radical (unpaired) electrons. The highest BCUT2D eigenvalue weighted by Gasteiger charge is 2.35. The van der Waals surface area contributed by atoms with Crippen molar-refractivity contribution >= 4 is 34.8 Å². The maximum atomic E-state index is 12.2. The molecule has 0 unspecified atom stereocenters. The van der Waals surface area contributed by atoms with Gasteiger partial charge in [0.15, 0.2) is 0 Å². The number of carboxylic acids is 1. The van der Waals surface area contributed by atoms with E-state index in [0.717, 1.165) is 18.4 Å². The molecule has 2 rings (SSSR count). The minimum Gasteiger partial charge on any atom is -0.480 e. The largest absolute Gasteiger partial charge is 0.480 e. The monoisotopic (exact) mass is 273 g/mol. The minimum atomic E-state index is -0.991. The van der Waals surface area contributed by atoms with Crippen molar-refractivity contribution in [2.24, 2.45) is 0 Å². The van der Waals surface area contributed by atoms with Crippen molar-refractivity contribution in [3.05, 3.63) is 20.8 Å². The van der Waals surface area contributed by atoms with E-state index in [1.807, 2.05) is 6.92 Å². The Balaban J connectivity index is 2.21. The van der Waals surface area contributed by atoms with Gasteiger partial charge in [-0.1, -0.05) is 11.6 Å². The van der Waals surface area contributed by atoms with E-state index in [1.54, 1.807) is 5.38 Å². The highest BCUT2D eigenvalue weighted by Crippen LogP contribution is 2.33. The van der Waals surface area contributed by atoms with E-state index in [0.29, 0.717) is 9.90 Å². The van der Waals surface area contributed by atoms with Crippen LogP contribution in [0, 0.1) is 6.92 Å². The van der Waals surface area contributed by atoms with Gasteiger partial charge >= 0.3 is 5.97 Å². The molecular formula is C11H12ClNO3S. The molecule has 17 heavy (non-hydrogen) atoms. The number of rotatable bonds is 4. The normalized spacial score (nSPS) is 14.7. The maximum Gasteiger partial charge on any atom is 0.323 e. The summed E-state index contributed by atoms with van der Waals surface area (Å²) < 4.78 is 0. The Morgan fingerprint density at radius 2 is 2.24 bits per heavy atom. The molecule has 1 saturated carbocycles. The smallest absolute Gasteiger partial charge is 0.323 e. The second-order valence-corrected chi connectivity index (χ2v) is 5.38. The Kier molecular flexibility index (Phi) is 3.40. The first-order valence-electron chi connectivity index (χ1n) is 5.27. The van der Waals surface area contributed by atoms with E-state index < -0.39 is 5.97 Å². The van der Waals surface area contributed by atoms with Gasteiger partial charge in [-0.25, -0.2) is 0 Å². The van der Waals surface area contributed by atoms with Gasteiger partial charge < -0.3 is 10.0 Å². The molecule has 6 heteroatoms. The molecule has 0 saturated heterocycles. The van der Waals surface area contributed by atoms with Gasteiger partial charge in [0.2, 0.25) is 0 Å². The van der Waals surface area contributed by atoms with E-state index in [-0.39, 0.29) is 18.5 Å². The number of hydrogen-bond acceptors (Lipinski definition) is 3. The van der Waals surface area contributed by atoms with Crippen LogP contribution in [0.1, 0.15) is 28.1 Å². The Hall–Kier alpha value is -1.07. The topological polar surface area (TPSA) is 57.6 Å². The molecule has 0 aromatic carbocycles. The average Bonchev–Trinajstić information content (AvgIpc) is 3.04. The van der Waals surface area contributed by atoms with Gasteiger partial charge in [-0.05, 0) is 30.7 Å². The Morgan fingerprint density at radius 1 is 1.59 bits per heavy atom. The lowest BCUT2D eigenvalue weighted by Gasteiger charge is -2.19. The summed E-state index contributed by atoms with van der Waals surface area (Å²) in [7, 11) is 0. The number of thiophene rings is 1. The first kappa shape index (κ1) is 12.4. The van der Waals surface area contributed by atoms with E-state index >= 15 is 0 Å². The summed E-state index contributed by atoms with van der Waals surface area (Å²) in [4.78, 5) is 24.8. The number of hydrogen-bond donors (Lipinski definition) is 1. The molecule has 92 valence electrons. The van der Waals surface area contributed by atoms with Crippen LogP contribution in [-0.4, -0.2) is 34.5 Å². The average molecular weight is 274 g/mol. The molecule has 1 N–H and O–H groups in total. The first-order chi connectivity index (χ1) is 8.00. The van der Waals surface area contributed by atoms with Gasteiger partial charge in [-0.15, -0.1) is 11.3 Å². The van der Waals surface area contributed by atoms with Crippen molar-refractivity contribution in [1.29, 1.82) is 0 Å². The Bertz CT molecular complexity index is 467. The number of amides is 1. The lowest BCUT2D eigenvalue weighted by atomic mass is 10.3. The van der Waals surface area contributed by atoms with Gasteiger partial charge in [0.25, 0.3) is 5.91 Å². The number of carbonyl (C=O) groups excluding carboxylic acids is 1. The lowest BCUT2D eigenvalue weighted by molar-refractivity contribution is -0.137. The van der Waals surface area contributed by atoms with Gasteiger partial charge in [-0.3, -0.25) is 9.59 Å². The van der Waals surface area contributed by atoms with Crippen LogP contribution in [0.5, 0.6) is 0 Å². The number of carbonyl (C=O) groups is 2. The number of halogens is 1. The molecule has 1 heterocycles. The van der Waals surface area contributed by atoms with Crippen molar-refractivity contribution in [1.82, 2.24) is 4.90 Å². The van der Waals surface area contributed by atoms with Crippen molar-refractivity contribution < 1.29 is 14.7 Å². The van der Waals surface area contributed by atoms with E-state index in [9.17, 15) is 9.59 Å². The van der Waals surface area contributed by atoms with Crippen molar-refractivity contribution in [3.8, 4) is 0 Å². The Labute approximate surface area is 108 Å². The first-order valence-corrected chi connectivity index (χ1v) is 6.53. The zero-order valence-electron chi connectivity index (χ0n) is 9.27. The molecule has 1 aliphatic rings. The van der Waals surface area contributed by atoms with Crippen LogP contribution < -0.4 is 0 Å². The summed E-state index contributed by atoms with van der Waals surface area (Å²) in [5, 5.41) is 11.1. The maximum absolute atomic E-state index is 12.2. The van der Waals surface area contributed by atoms with Crippen LogP contribution in [0.15, 0.2) is 5.38 Å². The second kappa shape index (κ2) is 4.66. The van der Waals surface area contributed by atoms with Crippen LogP contribution in [0.2, 0.25) is 5.02 Å². The van der Waals surface area contributed by atoms with Gasteiger partial charge in [-0.2, -0.15) is 0 Å². The minimum absolute atomic E-state index is 0.0667. The third-order valence-electron chi connectivity index (χ3n) is 2.65. The molecule has 4 nitrogen and oxygen atoms in total. The molecule has 0 spiro atoms. The van der Waals surface area contributed by atoms with E-state index in [4.69, 9.17) is 16.7 Å². The van der Waals surface area contributed by atoms with E-state index in [1.165, 1.54) is 16.2 Å². The molecule has 1 aliphatic carbocycles. The third-order valence-corrected chi connectivity index (χ3v) is 4.33.